The van der Waals surface area contributed by atoms with E-state index in [1.807, 2.05) is 18.2 Å². The molecule has 0 radical (unpaired) electrons. The summed E-state index contributed by atoms with van der Waals surface area (Å²) in [5, 5.41) is 6.31. The van der Waals surface area contributed by atoms with Crippen molar-refractivity contribution in [2.24, 2.45) is 5.92 Å². The lowest BCUT2D eigenvalue weighted by Crippen LogP contribution is -2.44. The van der Waals surface area contributed by atoms with Crippen molar-refractivity contribution < 1.29 is 19.1 Å². The van der Waals surface area contributed by atoms with Gasteiger partial charge in [0.15, 0.2) is 0 Å². The zero-order valence-corrected chi connectivity index (χ0v) is 20.3. The summed E-state index contributed by atoms with van der Waals surface area (Å²) in [5.41, 5.74) is 1.66. The van der Waals surface area contributed by atoms with Crippen molar-refractivity contribution in [1.29, 1.82) is 0 Å². The van der Waals surface area contributed by atoms with Crippen LogP contribution in [0.15, 0.2) is 42.5 Å². The lowest BCUT2D eigenvalue weighted by atomic mass is 9.92. The van der Waals surface area contributed by atoms with Gasteiger partial charge in [0, 0.05) is 30.3 Å². The van der Waals surface area contributed by atoms with Gasteiger partial charge in [0.25, 0.3) is 5.91 Å². The topological polar surface area (TPSA) is 91.0 Å². The fourth-order valence-electron chi connectivity index (χ4n) is 4.56. The smallest absolute Gasteiger partial charge is 0.325 e. The first-order chi connectivity index (χ1) is 16.2. The van der Waals surface area contributed by atoms with E-state index in [9.17, 15) is 14.4 Å². The molecule has 2 fully saturated rings. The molecule has 0 saturated carbocycles. The molecule has 2 unspecified atom stereocenters. The Bertz CT molecular complexity index is 1110. The van der Waals surface area contributed by atoms with E-state index in [2.05, 4.69) is 22.5 Å². The van der Waals surface area contributed by atoms with E-state index in [1.54, 1.807) is 38.3 Å². The second-order valence-corrected chi connectivity index (χ2v) is 9.45. The molecule has 0 aromatic heterocycles. The lowest BCUT2D eigenvalue weighted by molar-refractivity contribution is -0.134. The van der Waals surface area contributed by atoms with Crippen LogP contribution in [0, 0.1) is 12.8 Å². The average Bonchev–Trinajstić information content (AvgIpc) is 3.38. The van der Waals surface area contributed by atoms with Gasteiger partial charge >= 0.3 is 6.03 Å². The number of anilines is 1. The molecule has 2 aromatic carbocycles. The van der Waals surface area contributed by atoms with Crippen molar-refractivity contribution in [3.63, 3.8) is 0 Å². The lowest BCUT2D eigenvalue weighted by Gasteiger charge is -2.22. The van der Waals surface area contributed by atoms with Crippen molar-refractivity contribution in [2.75, 3.05) is 38.2 Å². The molecule has 2 heterocycles. The number of urea groups is 1. The molecule has 2 aliphatic heterocycles. The number of methoxy groups -OCH3 is 1. The number of rotatable bonds is 7. The predicted molar refractivity (Wildman–Crippen MR) is 130 cm³/mol. The highest BCUT2D eigenvalue weighted by Gasteiger charge is 2.49. The molecule has 4 rings (SSSR count). The third-order valence-corrected chi connectivity index (χ3v) is 6.86. The van der Waals surface area contributed by atoms with E-state index >= 15 is 0 Å². The van der Waals surface area contributed by atoms with E-state index < -0.39 is 17.5 Å². The Balaban J connectivity index is 1.32. The Morgan fingerprint density at radius 2 is 1.97 bits per heavy atom. The number of nitrogens with zero attached hydrogens (tertiary/aromatic N) is 2. The quantitative estimate of drug-likeness (QED) is 0.589. The Hall–Kier alpha value is -3.26. The van der Waals surface area contributed by atoms with Gasteiger partial charge in [-0.3, -0.25) is 14.5 Å². The summed E-state index contributed by atoms with van der Waals surface area (Å²) in [6.07, 6.45) is 0.935. The molecule has 9 heteroatoms. The van der Waals surface area contributed by atoms with Crippen molar-refractivity contribution in [2.45, 2.75) is 25.8 Å². The van der Waals surface area contributed by atoms with Gasteiger partial charge in [-0.15, -0.1) is 0 Å². The van der Waals surface area contributed by atoms with E-state index in [4.69, 9.17) is 16.3 Å². The molecule has 2 aliphatic rings. The second-order valence-electron chi connectivity index (χ2n) is 9.01. The average molecular weight is 485 g/mol. The summed E-state index contributed by atoms with van der Waals surface area (Å²) in [7, 11) is 1.56. The van der Waals surface area contributed by atoms with Gasteiger partial charge in [0.2, 0.25) is 5.91 Å². The van der Waals surface area contributed by atoms with Crippen LogP contribution in [0.2, 0.25) is 5.02 Å². The van der Waals surface area contributed by atoms with Gasteiger partial charge in [-0.25, -0.2) is 4.79 Å². The van der Waals surface area contributed by atoms with E-state index in [0.717, 1.165) is 35.7 Å². The highest BCUT2D eigenvalue weighted by molar-refractivity contribution is 6.30. The van der Waals surface area contributed by atoms with Crippen LogP contribution in [-0.4, -0.2) is 56.0 Å². The summed E-state index contributed by atoms with van der Waals surface area (Å²) in [6, 6.07) is 12.2. The third kappa shape index (κ3) is 4.68. The van der Waals surface area contributed by atoms with Crippen molar-refractivity contribution in [1.82, 2.24) is 15.5 Å². The first-order valence-corrected chi connectivity index (χ1v) is 11.7. The molecule has 0 spiro atoms. The highest BCUT2D eigenvalue weighted by atomic mass is 35.5. The molecule has 4 amide bonds. The molecule has 2 N–H and O–H groups in total. The molecule has 2 saturated heterocycles. The van der Waals surface area contributed by atoms with Crippen molar-refractivity contribution in [3.05, 3.63) is 58.6 Å². The maximum absolute atomic E-state index is 13.1. The number of benzene rings is 2. The van der Waals surface area contributed by atoms with Gasteiger partial charge in [0.05, 0.1) is 7.11 Å². The van der Waals surface area contributed by atoms with Crippen molar-refractivity contribution >= 4 is 35.1 Å². The van der Waals surface area contributed by atoms with Crippen LogP contribution in [-0.2, 0) is 15.1 Å². The molecule has 2 atom stereocenters. The SMILES string of the molecule is COc1ccc(C2(C)NC(=O)N(CC(=O)NCC3CCN(c4cc(Cl)ccc4C)C3)C2=O)cc1. The molecular weight excluding hydrogens is 456 g/mol. The molecule has 0 bridgehead atoms. The summed E-state index contributed by atoms with van der Waals surface area (Å²) in [6.45, 7) is 5.54. The van der Waals surface area contributed by atoms with Crippen LogP contribution in [0.1, 0.15) is 24.5 Å². The Morgan fingerprint density at radius 3 is 2.68 bits per heavy atom. The number of halogens is 1. The van der Waals surface area contributed by atoms with E-state index in [1.165, 1.54) is 0 Å². The normalized spacial score (nSPS) is 22.2. The number of carbonyl (C=O) groups excluding carboxylic acids is 3. The van der Waals surface area contributed by atoms with Crippen LogP contribution in [0.4, 0.5) is 10.5 Å². The van der Waals surface area contributed by atoms with Crippen LogP contribution >= 0.6 is 11.6 Å². The maximum atomic E-state index is 13.1. The zero-order chi connectivity index (χ0) is 24.5. The molecular formula is C25H29ClN4O4. The van der Waals surface area contributed by atoms with Crippen LogP contribution in [0.3, 0.4) is 0 Å². The Kier molecular flexibility index (Phi) is 6.70. The summed E-state index contributed by atoms with van der Waals surface area (Å²) < 4.78 is 5.15. The van der Waals surface area contributed by atoms with E-state index in [-0.39, 0.29) is 18.4 Å². The largest absolute Gasteiger partial charge is 0.497 e. The monoisotopic (exact) mass is 484 g/mol. The first-order valence-electron chi connectivity index (χ1n) is 11.3. The standard InChI is InChI=1S/C25H29ClN4O4/c1-16-4-7-19(26)12-21(16)29-11-10-17(14-29)13-27-22(31)15-30-23(32)25(2,28-24(30)33)18-5-8-20(34-3)9-6-18/h4-9,12,17H,10-11,13-15H2,1-3H3,(H,27,31)(H,28,33). The number of ether oxygens (including phenoxy) is 1. The van der Waals surface area contributed by atoms with Gasteiger partial charge in [-0.2, -0.15) is 0 Å². The Labute approximate surface area is 204 Å². The molecule has 180 valence electrons. The second kappa shape index (κ2) is 9.54. The number of imide groups is 1. The number of carbonyl (C=O) groups is 3. The summed E-state index contributed by atoms with van der Waals surface area (Å²) in [5.74, 6) is 0.104. The van der Waals surface area contributed by atoms with Gasteiger partial charge in [-0.05, 0) is 61.6 Å². The number of amides is 4. The Morgan fingerprint density at radius 1 is 1.24 bits per heavy atom. The number of aryl methyl sites for hydroxylation is 1. The van der Waals surface area contributed by atoms with Gasteiger partial charge < -0.3 is 20.3 Å². The number of hydrogen-bond acceptors (Lipinski definition) is 5. The maximum Gasteiger partial charge on any atom is 0.325 e. The third-order valence-electron chi connectivity index (χ3n) is 6.63. The van der Waals surface area contributed by atoms with Crippen LogP contribution in [0.25, 0.3) is 0 Å². The minimum absolute atomic E-state index is 0.273. The summed E-state index contributed by atoms with van der Waals surface area (Å²) in [4.78, 5) is 41.4. The number of nitrogens with one attached hydrogen (secondary N) is 2. The van der Waals surface area contributed by atoms with Gasteiger partial charge in [0.1, 0.15) is 17.8 Å². The van der Waals surface area contributed by atoms with Gasteiger partial charge in [-0.1, -0.05) is 29.8 Å². The minimum atomic E-state index is -1.23. The highest BCUT2D eigenvalue weighted by Crippen LogP contribution is 2.31. The fraction of sp³-hybridized carbons (Fsp3) is 0.400. The van der Waals surface area contributed by atoms with Crippen LogP contribution < -0.4 is 20.3 Å². The van der Waals surface area contributed by atoms with E-state index in [0.29, 0.717) is 22.9 Å². The minimum Gasteiger partial charge on any atom is -0.497 e. The number of hydrogen-bond donors (Lipinski definition) is 2. The fourth-order valence-corrected chi connectivity index (χ4v) is 4.73. The molecule has 8 nitrogen and oxygen atoms in total. The van der Waals surface area contributed by atoms with Crippen molar-refractivity contribution in [3.8, 4) is 5.75 Å². The molecule has 2 aromatic rings. The first kappa shape index (κ1) is 23.9. The molecule has 34 heavy (non-hydrogen) atoms. The molecule has 0 aliphatic carbocycles. The predicted octanol–water partition coefficient (Wildman–Crippen LogP) is 3.07. The summed E-state index contributed by atoms with van der Waals surface area (Å²) >= 11 is 6.16. The van der Waals surface area contributed by atoms with Crippen LogP contribution in [0.5, 0.6) is 5.75 Å². The zero-order valence-electron chi connectivity index (χ0n) is 19.6.